The Hall–Kier alpha value is -2.15. The molecule has 1 N–H and O–H groups in total. The van der Waals surface area contributed by atoms with Crippen LogP contribution in [0.15, 0.2) is 68.0 Å². The molecule has 0 saturated carbocycles. The van der Waals surface area contributed by atoms with Crippen LogP contribution in [0, 0.1) is 6.92 Å². The van der Waals surface area contributed by atoms with E-state index in [-0.39, 0.29) is 18.3 Å². The first-order valence-electron chi connectivity index (χ1n) is 8.31. The lowest BCUT2D eigenvalue weighted by Crippen LogP contribution is -2.12. The molecule has 27 heavy (non-hydrogen) atoms. The van der Waals surface area contributed by atoms with Crippen molar-refractivity contribution >= 4 is 48.7 Å². The maximum atomic E-state index is 13.2. The normalized spacial score (nSPS) is 11.3. The van der Waals surface area contributed by atoms with E-state index in [0.717, 1.165) is 31.0 Å². The number of hydrogen-bond acceptors (Lipinski definition) is 3. The topological polar surface area (TPSA) is 55.4 Å². The second-order valence-electron chi connectivity index (χ2n) is 6.17. The van der Waals surface area contributed by atoms with Gasteiger partial charge in [0.2, 0.25) is 0 Å². The van der Waals surface area contributed by atoms with Crippen LogP contribution >= 0.6 is 31.9 Å². The molecule has 0 amide bonds. The summed E-state index contributed by atoms with van der Waals surface area (Å²) in [5.41, 5.74) is 3.09. The van der Waals surface area contributed by atoms with E-state index in [2.05, 4.69) is 31.9 Å². The van der Waals surface area contributed by atoms with Crippen LogP contribution in [0.25, 0.3) is 22.2 Å². The Kier molecular flexibility index (Phi) is 4.80. The molecule has 4 nitrogen and oxygen atoms in total. The zero-order valence-electron chi connectivity index (χ0n) is 14.4. The van der Waals surface area contributed by atoms with E-state index in [1.54, 1.807) is 16.7 Å². The average Bonchev–Trinajstić information content (AvgIpc) is 3.23. The molecule has 0 spiro atoms. The first-order chi connectivity index (χ1) is 13.0. The summed E-state index contributed by atoms with van der Waals surface area (Å²) in [4.78, 5) is 13.2. The minimum Gasteiger partial charge on any atom is -0.451 e. The first kappa shape index (κ1) is 18.2. The number of aliphatic hydroxyl groups is 1. The molecule has 0 aliphatic carbocycles. The largest absolute Gasteiger partial charge is 0.451 e. The Morgan fingerprint density at radius 3 is 2.63 bits per heavy atom. The van der Waals surface area contributed by atoms with Gasteiger partial charge < -0.3 is 9.52 Å². The van der Waals surface area contributed by atoms with Crippen LogP contribution in [0.5, 0.6) is 0 Å². The summed E-state index contributed by atoms with van der Waals surface area (Å²) in [7, 11) is 0. The molecule has 0 aliphatic heterocycles. The highest BCUT2D eigenvalue weighted by Crippen LogP contribution is 2.33. The smallest absolute Gasteiger partial charge is 0.298 e. The number of aromatic nitrogens is 1. The number of aliphatic hydroxyl groups excluding tert-OH is 1. The van der Waals surface area contributed by atoms with Gasteiger partial charge in [0.15, 0.2) is 5.76 Å². The maximum Gasteiger partial charge on any atom is 0.298 e. The molecule has 0 atom stereocenters. The van der Waals surface area contributed by atoms with E-state index in [4.69, 9.17) is 4.42 Å². The molecule has 2 heterocycles. The van der Waals surface area contributed by atoms with Gasteiger partial charge in [-0.3, -0.25) is 9.36 Å². The highest BCUT2D eigenvalue weighted by molar-refractivity contribution is 9.11. The summed E-state index contributed by atoms with van der Waals surface area (Å²) in [5, 5.41) is 10.6. The van der Waals surface area contributed by atoms with Crippen LogP contribution in [0.4, 0.5) is 0 Å². The number of nitrogens with zero attached hydrogens (tertiary/aromatic N) is 1. The third-order valence-corrected chi connectivity index (χ3v) is 5.77. The molecule has 2 aromatic carbocycles. The van der Waals surface area contributed by atoms with Crippen molar-refractivity contribution in [2.45, 2.75) is 13.5 Å². The number of hydrogen-bond donors (Lipinski definition) is 1. The monoisotopic (exact) mass is 487 g/mol. The van der Waals surface area contributed by atoms with E-state index >= 15 is 0 Å². The Labute approximate surface area is 172 Å². The quantitative estimate of drug-likeness (QED) is 0.389. The molecule has 0 radical (unpaired) electrons. The van der Waals surface area contributed by atoms with Gasteiger partial charge in [-0.25, -0.2) is 0 Å². The van der Waals surface area contributed by atoms with Crippen molar-refractivity contribution in [1.29, 1.82) is 0 Å². The summed E-state index contributed by atoms with van der Waals surface area (Å²) in [6.45, 7) is 1.71. The number of carbonyl (C=O) groups excluding carboxylic acids is 1. The van der Waals surface area contributed by atoms with Gasteiger partial charge in [-0.1, -0.05) is 34.1 Å². The molecule has 0 fully saturated rings. The molecule has 0 unspecified atom stereocenters. The van der Waals surface area contributed by atoms with Gasteiger partial charge in [0.1, 0.15) is 5.76 Å². The van der Waals surface area contributed by atoms with Gasteiger partial charge in [0.05, 0.1) is 12.1 Å². The van der Waals surface area contributed by atoms with Crippen LogP contribution in [0.3, 0.4) is 0 Å². The van der Waals surface area contributed by atoms with E-state index in [1.165, 1.54) is 0 Å². The molecular formula is C21H15Br2NO3. The third kappa shape index (κ3) is 3.08. The molecule has 6 heteroatoms. The molecule has 0 aliphatic rings. The van der Waals surface area contributed by atoms with Crippen molar-refractivity contribution in [2.24, 2.45) is 0 Å². The minimum absolute atomic E-state index is 0.123. The molecule has 4 rings (SSSR count). The molecule has 0 saturated heterocycles. The Bertz CT molecular complexity index is 1170. The predicted octanol–water partition coefficient (Wildman–Crippen LogP) is 5.92. The van der Waals surface area contributed by atoms with Gasteiger partial charge in [-0.15, -0.1) is 0 Å². The van der Waals surface area contributed by atoms with Crippen molar-refractivity contribution in [3.63, 3.8) is 0 Å². The number of halogens is 2. The zero-order chi connectivity index (χ0) is 19.1. The van der Waals surface area contributed by atoms with Crippen molar-refractivity contribution < 1.29 is 14.3 Å². The van der Waals surface area contributed by atoms with Gasteiger partial charge in [0, 0.05) is 31.2 Å². The second-order valence-corrected chi connectivity index (χ2v) is 7.94. The molecule has 2 aromatic heterocycles. The van der Waals surface area contributed by atoms with Crippen molar-refractivity contribution in [3.8, 4) is 11.3 Å². The highest BCUT2D eigenvalue weighted by atomic mass is 79.9. The molecule has 4 aromatic rings. The SMILES string of the molecule is Cc1c(CO)c2ccccc2n1C(=O)c1ccc(-c2ccc(Br)cc2Br)o1. The van der Waals surface area contributed by atoms with Crippen molar-refractivity contribution in [1.82, 2.24) is 4.57 Å². The van der Waals surface area contributed by atoms with Crippen LogP contribution in [-0.2, 0) is 6.61 Å². The number of rotatable bonds is 3. The minimum atomic E-state index is -0.261. The lowest BCUT2D eigenvalue weighted by Gasteiger charge is -2.05. The molecule has 0 bridgehead atoms. The fourth-order valence-electron chi connectivity index (χ4n) is 3.29. The van der Waals surface area contributed by atoms with Gasteiger partial charge >= 0.3 is 0 Å². The Balaban J connectivity index is 1.80. The lowest BCUT2D eigenvalue weighted by atomic mass is 10.1. The molecular weight excluding hydrogens is 474 g/mol. The van der Waals surface area contributed by atoms with Gasteiger partial charge in [0.25, 0.3) is 5.91 Å². The number of furan rings is 1. The standard InChI is InChI=1S/C21H15Br2NO3/c1-12-16(11-25)14-4-2-3-5-18(14)24(12)21(26)20-9-8-19(27-20)15-7-6-13(22)10-17(15)23/h2-10,25H,11H2,1H3. The fraction of sp³-hybridized carbons (Fsp3) is 0.0952. The van der Waals surface area contributed by atoms with E-state index in [0.29, 0.717) is 11.5 Å². The Morgan fingerprint density at radius 1 is 1.11 bits per heavy atom. The summed E-state index contributed by atoms with van der Waals surface area (Å²) in [5.74, 6) is 0.588. The van der Waals surface area contributed by atoms with Crippen LogP contribution in [-0.4, -0.2) is 15.6 Å². The van der Waals surface area contributed by atoms with Crippen LogP contribution in [0.2, 0.25) is 0 Å². The van der Waals surface area contributed by atoms with Gasteiger partial charge in [-0.05, 0) is 59.3 Å². The summed E-state index contributed by atoms with van der Waals surface area (Å²) in [6.07, 6.45) is 0. The van der Waals surface area contributed by atoms with Crippen LogP contribution < -0.4 is 0 Å². The van der Waals surface area contributed by atoms with E-state index < -0.39 is 0 Å². The lowest BCUT2D eigenvalue weighted by molar-refractivity contribution is 0.0936. The molecule has 136 valence electrons. The van der Waals surface area contributed by atoms with E-state index in [9.17, 15) is 9.90 Å². The summed E-state index contributed by atoms with van der Waals surface area (Å²) < 4.78 is 9.29. The van der Waals surface area contributed by atoms with Crippen molar-refractivity contribution in [2.75, 3.05) is 0 Å². The number of para-hydroxylation sites is 1. The fourth-order valence-corrected chi connectivity index (χ4v) is 4.54. The second kappa shape index (κ2) is 7.11. The van der Waals surface area contributed by atoms with Crippen molar-refractivity contribution in [3.05, 3.63) is 80.6 Å². The predicted molar refractivity (Wildman–Crippen MR) is 112 cm³/mol. The number of fused-ring (bicyclic) bond motifs is 1. The number of benzene rings is 2. The van der Waals surface area contributed by atoms with E-state index in [1.807, 2.05) is 49.4 Å². The van der Waals surface area contributed by atoms with Gasteiger partial charge in [-0.2, -0.15) is 0 Å². The third-order valence-electron chi connectivity index (χ3n) is 4.62. The Morgan fingerprint density at radius 2 is 1.89 bits per heavy atom. The summed E-state index contributed by atoms with van der Waals surface area (Å²) in [6, 6.07) is 16.8. The summed E-state index contributed by atoms with van der Waals surface area (Å²) >= 11 is 6.95. The first-order valence-corrected chi connectivity index (χ1v) is 9.89. The highest BCUT2D eigenvalue weighted by Gasteiger charge is 2.22. The average molecular weight is 489 g/mol. The van der Waals surface area contributed by atoms with Crippen LogP contribution in [0.1, 0.15) is 21.8 Å². The zero-order valence-corrected chi connectivity index (χ0v) is 17.5. The number of carbonyl (C=O) groups is 1. The maximum absolute atomic E-state index is 13.2.